The molecule has 3 aliphatic rings. The van der Waals surface area contributed by atoms with E-state index >= 15 is 14.0 Å². The number of aromatic nitrogens is 1. The van der Waals surface area contributed by atoms with Gasteiger partial charge < -0.3 is 18.4 Å². The summed E-state index contributed by atoms with van der Waals surface area (Å²) in [6.45, 7) is 12.1. The zero-order chi connectivity index (χ0) is 38.0. The van der Waals surface area contributed by atoms with Gasteiger partial charge in [-0.05, 0) is 85.8 Å². The minimum atomic E-state index is -2.92. The van der Waals surface area contributed by atoms with Crippen molar-refractivity contribution in [2.45, 2.75) is 83.5 Å². The van der Waals surface area contributed by atoms with Crippen molar-refractivity contribution in [3.05, 3.63) is 112 Å². The Labute approximate surface area is 310 Å². The van der Waals surface area contributed by atoms with E-state index in [0.717, 1.165) is 11.1 Å². The summed E-state index contributed by atoms with van der Waals surface area (Å²) in [4.78, 5) is 47.8. The van der Waals surface area contributed by atoms with E-state index in [1.807, 2.05) is 114 Å². The highest BCUT2D eigenvalue weighted by Gasteiger charge is 2.70. The average molecular weight is 739 g/mol. The predicted octanol–water partition coefficient (Wildman–Crippen LogP) is 8.10. The molecule has 11 heteroatoms. The van der Waals surface area contributed by atoms with Crippen LogP contribution in [0, 0.1) is 30.5 Å². The second-order valence-corrected chi connectivity index (χ2v) is 21.2. The lowest BCUT2D eigenvalue weighted by molar-refractivity contribution is -0.151. The number of ether oxygens (including phenoxy) is 2. The molecule has 278 valence electrons. The normalized spacial score (nSPS) is 24.0. The molecular formula is C42H47FN2O7Si. The summed E-state index contributed by atoms with van der Waals surface area (Å²) >= 11 is 0. The first-order valence-corrected chi connectivity index (χ1v) is 21.1. The summed E-state index contributed by atoms with van der Waals surface area (Å²) < 4.78 is 41.4. The first-order chi connectivity index (χ1) is 25.1. The van der Waals surface area contributed by atoms with E-state index in [2.05, 4.69) is 5.16 Å². The van der Waals surface area contributed by atoms with E-state index in [4.69, 9.17) is 18.4 Å². The number of Topliss-reactive ketones (excluding diaryl/α,β-unsaturated/α-hetero) is 3. The number of ketones is 3. The molecule has 53 heavy (non-hydrogen) atoms. The molecule has 3 aliphatic carbocycles. The first kappa shape index (κ1) is 36.9. The molecule has 4 aromatic rings. The van der Waals surface area contributed by atoms with E-state index in [1.165, 1.54) is 6.07 Å². The third-order valence-electron chi connectivity index (χ3n) is 11.8. The second kappa shape index (κ2) is 13.4. The number of benzene rings is 3. The second-order valence-electron chi connectivity index (χ2n) is 16.5. The molecule has 5 atom stereocenters. The fourth-order valence-electron chi connectivity index (χ4n) is 8.23. The van der Waals surface area contributed by atoms with Gasteiger partial charge in [-0.3, -0.25) is 19.3 Å². The summed E-state index contributed by atoms with van der Waals surface area (Å²) in [5.41, 5.74) is 0.490. The number of carbonyl (C=O) groups excluding carboxylic acids is 3. The molecule has 9 nitrogen and oxygen atoms in total. The van der Waals surface area contributed by atoms with Crippen molar-refractivity contribution in [3.8, 4) is 11.6 Å². The van der Waals surface area contributed by atoms with Crippen LogP contribution in [0.4, 0.5) is 4.39 Å². The third-order valence-corrected chi connectivity index (χ3v) is 16.3. The van der Waals surface area contributed by atoms with Gasteiger partial charge in [0.25, 0.3) is 5.88 Å². The van der Waals surface area contributed by atoms with Crippen LogP contribution in [-0.4, -0.2) is 55.4 Å². The maximum atomic E-state index is 15.9. The molecule has 0 spiro atoms. The third kappa shape index (κ3) is 6.06. The Hall–Kier alpha value is -4.45. The Morgan fingerprint density at radius 2 is 1.55 bits per heavy atom. The number of hydrogen-bond acceptors (Lipinski definition) is 9. The molecule has 3 aromatic carbocycles. The highest BCUT2D eigenvalue weighted by Crippen LogP contribution is 2.59. The van der Waals surface area contributed by atoms with Crippen molar-refractivity contribution >= 4 is 25.7 Å². The Bertz CT molecular complexity index is 2070. The van der Waals surface area contributed by atoms with Crippen LogP contribution in [0.2, 0.25) is 18.1 Å². The van der Waals surface area contributed by atoms with Gasteiger partial charge in [-0.1, -0.05) is 81.4 Å². The van der Waals surface area contributed by atoms with Crippen molar-refractivity contribution in [3.63, 3.8) is 0 Å². The zero-order valence-corrected chi connectivity index (χ0v) is 32.6. The van der Waals surface area contributed by atoms with Gasteiger partial charge in [0.2, 0.25) is 5.78 Å². The summed E-state index contributed by atoms with van der Waals surface area (Å²) in [5, 5.41) is 3.84. The van der Waals surface area contributed by atoms with E-state index in [1.54, 1.807) is 6.92 Å². The number of halogens is 1. The van der Waals surface area contributed by atoms with Crippen LogP contribution in [0.1, 0.15) is 82.0 Å². The quantitative estimate of drug-likeness (QED) is 0.124. The van der Waals surface area contributed by atoms with Crippen LogP contribution in [0.5, 0.6) is 11.6 Å². The lowest BCUT2D eigenvalue weighted by Gasteiger charge is -2.56. The van der Waals surface area contributed by atoms with Gasteiger partial charge in [-0.2, -0.15) is 0 Å². The summed E-state index contributed by atoms with van der Waals surface area (Å²) in [7, 11) is 0.780. The maximum absolute atomic E-state index is 15.9. The summed E-state index contributed by atoms with van der Waals surface area (Å²) in [6.07, 6.45) is 0.361. The monoisotopic (exact) mass is 738 g/mol. The number of fused-ring (bicyclic) bond motifs is 4. The Kier molecular flexibility index (Phi) is 9.35. The molecular weight excluding hydrogens is 692 g/mol. The molecule has 1 unspecified atom stereocenters. The molecule has 1 aromatic heterocycles. The van der Waals surface area contributed by atoms with Gasteiger partial charge in [0.05, 0.1) is 17.5 Å². The van der Waals surface area contributed by atoms with Crippen molar-refractivity contribution in [2.75, 3.05) is 14.1 Å². The molecule has 1 saturated carbocycles. The van der Waals surface area contributed by atoms with Crippen LogP contribution < -0.4 is 9.47 Å². The molecule has 0 N–H and O–H groups in total. The van der Waals surface area contributed by atoms with Gasteiger partial charge in [0.15, 0.2) is 31.2 Å². The molecule has 1 fully saturated rings. The first-order valence-electron chi connectivity index (χ1n) is 18.2. The lowest BCUT2D eigenvalue weighted by atomic mass is 9.54. The van der Waals surface area contributed by atoms with Gasteiger partial charge in [0.1, 0.15) is 30.3 Å². The molecule has 1 heterocycles. The maximum Gasteiger partial charge on any atom is 0.265 e. The fraction of sp³-hybridized carbons (Fsp3) is 0.429. The van der Waals surface area contributed by atoms with Crippen molar-refractivity contribution < 1.29 is 37.2 Å². The van der Waals surface area contributed by atoms with Crippen molar-refractivity contribution in [1.29, 1.82) is 0 Å². The number of nitrogens with zero attached hydrogens (tertiary/aromatic N) is 2. The lowest BCUT2D eigenvalue weighted by Crippen LogP contribution is -2.70. The van der Waals surface area contributed by atoms with Gasteiger partial charge >= 0.3 is 0 Å². The standard InChI is InChI=1S/C42H47FN2O7Si/c1-24-19-30(43)28-20-27-21-29-34(45(5)6)37-33(40(44-51-37)50-23-26-17-13-10-14-18-26)39(48)42(29,52-53(7,8)41(2,3)4)38(47)31(27)35(46)32(28)36(24)49-22-25-15-11-9-12-16-25/h9-19,27,29,31,34H,20-23H2,1-8H3/t27-,29-,31?,34-,42-/m0/s1. The van der Waals surface area contributed by atoms with Crippen LogP contribution >= 0.6 is 0 Å². The minimum absolute atomic E-state index is 0.0260. The number of carbonyl (C=O) groups is 3. The molecule has 7 rings (SSSR count). The van der Waals surface area contributed by atoms with Crippen molar-refractivity contribution in [1.82, 2.24) is 10.1 Å². The highest BCUT2D eigenvalue weighted by molar-refractivity contribution is 6.74. The number of rotatable bonds is 9. The topological polar surface area (TPSA) is 108 Å². The zero-order valence-electron chi connectivity index (χ0n) is 31.6. The number of aryl methyl sites for hydroxylation is 1. The van der Waals surface area contributed by atoms with Crippen molar-refractivity contribution in [2.24, 2.45) is 17.8 Å². The fourth-order valence-corrected chi connectivity index (χ4v) is 9.68. The Balaban J connectivity index is 1.37. The van der Waals surface area contributed by atoms with Crippen LogP contribution in [0.15, 0.2) is 71.3 Å². The number of hydrogen-bond donors (Lipinski definition) is 0. The Morgan fingerprint density at radius 3 is 2.13 bits per heavy atom. The summed E-state index contributed by atoms with van der Waals surface area (Å²) in [5.74, 6) is -4.36. The van der Waals surface area contributed by atoms with Gasteiger partial charge in [-0.25, -0.2) is 4.39 Å². The highest BCUT2D eigenvalue weighted by atomic mass is 28.4. The predicted molar refractivity (Wildman–Crippen MR) is 199 cm³/mol. The minimum Gasteiger partial charge on any atom is -0.488 e. The van der Waals surface area contributed by atoms with E-state index < -0.39 is 65.9 Å². The van der Waals surface area contributed by atoms with Crippen LogP contribution in [0.25, 0.3) is 0 Å². The van der Waals surface area contributed by atoms with Crippen LogP contribution in [0.3, 0.4) is 0 Å². The molecule has 0 bridgehead atoms. The van der Waals surface area contributed by atoms with E-state index in [-0.39, 0.29) is 60.1 Å². The van der Waals surface area contributed by atoms with Gasteiger partial charge in [-0.15, -0.1) is 0 Å². The molecule has 0 aliphatic heterocycles. The average Bonchev–Trinajstić information content (AvgIpc) is 3.52. The summed E-state index contributed by atoms with van der Waals surface area (Å²) in [6, 6.07) is 19.7. The molecule has 0 amide bonds. The molecule has 0 saturated heterocycles. The smallest absolute Gasteiger partial charge is 0.265 e. The largest absolute Gasteiger partial charge is 0.488 e. The van der Waals surface area contributed by atoms with E-state index in [9.17, 15) is 4.79 Å². The van der Waals surface area contributed by atoms with Gasteiger partial charge in [0, 0.05) is 11.5 Å². The van der Waals surface area contributed by atoms with E-state index in [0.29, 0.717) is 5.56 Å². The Morgan fingerprint density at radius 1 is 0.943 bits per heavy atom. The van der Waals surface area contributed by atoms with Crippen LogP contribution in [-0.2, 0) is 28.9 Å². The SMILES string of the molecule is Cc1cc(F)c2c(c1OCc1ccccc1)C(=O)C1C(=O)[C@]3(O[Si](C)(C)C(C)(C)C)C(=O)c4c(OCc5ccccc5)noc4[C@@H](N(C)C)[C@@H]3C[C@@H]1C2. The molecule has 0 radical (unpaired) electrons.